The summed E-state index contributed by atoms with van der Waals surface area (Å²) in [5, 5.41) is 0. The van der Waals surface area contributed by atoms with Crippen molar-refractivity contribution in [2.24, 2.45) is 0 Å². The maximum absolute atomic E-state index is 12.7. The first-order valence-electron chi connectivity index (χ1n) is 21.4. The predicted octanol–water partition coefficient (Wildman–Crippen LogP) is 11.9. The number of phosphoric ester groups is 1. The first-order chi connectivity index (χ1) is 26.0. The molecule has 0 saturated carbocycles. The highest BCUT2D eigenvalue weighted by Gasteiger charge is 2.27. The van der Waals surface area contributed by atoms with Crippen LogP contribution in [0.5, 0.6) is 0 Å². The van der Waals surface area contributed by atoms with Crippen molar-refractivity contribution in [2.75, 3.05) is 47.5 Å². The first kappa shape index (κ1) is 52.0. The number of carbonyl (C=O) groups is 2. The van der Waals surface area contributed by atoms with Gasteiger partial charge in [0.15, 0.2) is 6.10 Å². The van der Waals surface area contributed by atoms with Gasteiger partial charge in [0.2, 0.25) is 0 Å². The van der Waals surface area contributed by atoms with Crippen LogP contribution in [0.3, 0.4) is 0 Å². The molecule has 2 atom stereocenters. The van der Waals surface area contributed by atoms with Gasteiger partial charge in [-0.2, -0.15) is 0 Å². The number of hydrogen-bond donors (Lipinski definition) is 1. The molecule has 0 saturated heterocycles. The molecule has 0 spiro atoms. The average Bonchev–Trinajstić information content (AvgIpc) is 3.12. The molecule has 54 heavy (non-hydrogen) atoms. The highest BCUT2D eigenvalue weighted by Crippen LogP contribution is 2.43. The van der Waals surface area contributed by atoms with Gasteiger partial charge in [-0.3, -0.25) is 18.6 Å². The van der Waals surface area contributed by atoms with Gasteiger partial charge >= 0.3 is 19.8 Å². The maximum Gasteiger partial charge on any atom is 0.472 e. The second-order valence-electron chi connectivity index (χ2n) is 15.4. The number of esters is 2. The standard InChI is InChI=1S/C44H80NO8P/c1-6-8-10-12-14-16-18-20-22-24-26-28-30-32-34-36-43(46)50-40-42(41-52-54(48,49)51-39-38-45(3,4)5)53-44(47)37-35-33-31-29-27-25-23-21-19-17-15-13-11-9-7-2/h14-17,20-23,42H,6-13,18-19,24-41H2,1-5H3/p+1/b16-14-,17-15-,22-20-,23-21-/t42-/m1/s1. The zero-order chi connectivity index (χ0) is 40.0. The second kappa shape index (κ2) is 36.6. The van der Waals surface area contributed by atoms with Crippen LogP contribution in [-0.4, -0.2) is 74.9 Å². The molecule has 0 aliphatic carbocycles. The van der Waals surface area contributed by atoms with E-state index in [4.69, 9.17) is 18.5 Å². The molecule has 0 bridgehead atoms. The van der Waals surface area contributed by atoms with E-state index in [0.717, 1.165) is 83.5 Å². The summed E-state index contributed by atoms with van der Waals surface area (Å²) in [4.78, 5) is 35.3. The van der Waals surface area contributed by atoms with E-state index in [-0.39, 0.29) is 32.0 Å². The van der Waals surface area contributed by atoms with Gasteiger partial charge in [-0.1, -0.05) is 127 Å². The van der Waals surface area contributed by atoms with Crippen molar-refractivity contribution in [1.29, 1.82) is 0 Å². The summed E-state index contributed by atoms with van der Waals surface area (Å²) < 4.78 is 34.2. The summed E-state index contributed by atoms with van der Waals surface area (Å²) in [5.74, 6) is -0.834. The van der Waals surface area contributed by atoms with E-state index < -0.39 is 26.5 Å². The molecule has 0 aromatic heterocycles. The first-order valence-corrected chi connectivity index (χ1v) is 22.9. The quantitative estimate of drug-likeness (QED) is 0.0217. The van der Waals surface area contributed by atoms with Crippen LogP contribution in [0.4, 0.5) is 0 Å². The molecule has 0 fully saturated rings. The van der Waals surface area contributed by atoms with Crippen molar-refractivity contribution in [3.63, 3.8) is 0 Å². The molecule has 0 amide bonds. The summed E-state index contributed by atoms with van der Waals surface area (Å²) in [6, 6.07) is 0. The van der Waals surface area contributed by atoms with Crippen molar-refractivity contribution in [3.8, 4) is 0 Å². The number of unbranched alkanes of at least 4 members (excludes halogenated alkanes) is 16. The lowest BCUT2D eigenvalue weighted by molar-refractivity contribution is -0.870. The van der Waals surface area contributed by atoms with E-state index >= 15 is 0 Å². The van der Waals surface area contributed by atoms with Crippen molar-refractivity contribution in [1.82, 2.24) is 0 Å². The summed E-state index contributed by atoms with van der Waals surface area (Å²) in [5.41, 5.74) is 0. The third-order valence-electron chi connectivity index (χ3n) is 8.83. The lowest BCUT2D eigenvalue weighted by Gasteiger charge is -2.24. The number of quaternary nitrogens is 1. The van der Waals surface area contributed by atoms with E-state index in [9.17, 15) is 19.0 Å². The Bertz CT molecular complexity index is 1070. The van der Waals surface area contributed by atoms with E-state index in [1.54, 1.807) is 0 Å². The zero-order valence-electron chi connectivity index (χ0n) is 35.2. The van der Waals surface area contributed by atoms with E-state index in [1.807, 2.05) is 21.1 Å². The zero-order valence-corrected chi connectivity index (χ0v) is 36.1. The number of likely N-dealkylation sites (N-methyl/N-ethyl adjacent to an activating group) is 1. The van der Waals surface area contributed by atoms with E-state index in [0.29, 0.717) is 17.4 Å². The normalized spacial score (nSPS) is 14.1. The molecular weight excluding hydrogens is 701 g/mol. The highest BCUT2D eigenvalue weighted by molar-refractivity contribution is 7.47. The Labute approximate surface area is 331 Å². The Balaban J connectivity index is 4.44. The molecule has 9 nitrogen and oxygen atoms in total. The van der Waals surface area contributed by atoms with Gasteiger partial charge < -0.3 is 18.9 Å². The Kier molecular flexibility index (Phi) is 35.2. The molecule has 0 aliphatic rings. The molecule has 0 aliphatic heterocycles. The fourth-order valence-electron chi connectivity index (χ4n) is 5.43. The fourth-order valence-corrected chi connectivity index (χ4v) is 6.17. The van der Waals surface area contributed by atoms with Crippen LogP contribution in [0.1, 0.15) is 168 Å². The SMILES string of the molecule is CCCCC/C=C\C/C=C\CCCCCCCC(=O)OC[C@H](COP(=O)(O)OCC[N+](C)(C)C)OC(=O)CCCCCCC/C=C\C/C=C\CCCCC. The van der Waals surface area contributed by atoms with Gasteiger partial charge in [0.1, 0.15) is 19.8 Å². The Morgan fingerprint density at radius 2 is 1.00 bits per heavy atom. The minimum absolute atomic E-state index is 0.0249. The largest absolute Gasteiger partial charge is 0.472 e. The Morgan fingerprint density at radius 3 is 1.46 bits per heavy atom. The molecular formula is C44H81NO8P+. The molecule has 1 N–H and O–H groups in total. The summed E-state index contributed by atoms with van der Waals surface area (Å²) >= 11 is 0. The van der Waals surface area contributed by atoms with Crippen LogP contribution in [0, 0.1) is 0 Å². The fraction of sp³-hybridized carbons (Fsp3) is 0.773. The van der Waals surface area contributed by atoms with Crippen LogP contribution in [0.2, 0.25) is 0 Å². The topological polar surface area (TPSA) is 108 Å². The molecule has 1 unspecified atom stereocenters. The molecule has 0 aromatic carbocycles. The average molecular weight is 783 g/mol. The van der Waals surface area contributed by atoms with Gasteiger partial charge in [-0.05, 0) is 77.0 Å². The number of carbonyl (C=O) groups excluding carboxylic acids is 2. The third kappa shape index (κ3) is 39.7. The molecule has 0 aromatic rings. The van der Waals surface area contributed by atoms with Crippen LogP contribution in [-0.2, 0) is 32.7 Å². The second-order valence-corrected chi connectivity index (χ2v) is 16.8. The van der Waals surface area contributed by atoms with Crippen LogP contribution < -0.4 is 0 Å². The summed E-state index contributed by atoms with van der Waals surface area (Å²) in [6.45, 7) is 4.32. The number of hydrogen-bond acceptors (Lipinski definition) is 7. The van der Waals surface area contributed by atoms with Gasteiger partial charge in [0, 0.05) is 12.8 Å². The number of phosphoric acid groups is 1. The number of nitrogens with zero attached hydrogens (tertiary/aromatic N) is 1. The maximum atomic E-state index is 12.7. The van der Waals surface area contributed by atoms with Crippen molar-refractivity contribution in [2.45, 2.75) is 174 Å². The molecule has 10 heteroatoms. The van der Waals surface area contributed by atoms with E-state index in [2.05, 4.69) is 62.5 Å². The Morgan fingerprint density at radius 1 is 0.574 bits per heavy atom. The Hall–Kier alpha value is -2.03. The number of rotatable bonds is 38. The molecule has 0 radical (unpaired) electrons. The van der Waals surface area contributed by atoms with Crippen LogP contribution in [0.25, 0.3) is 0 Å². The van der Waals surface area contributed by atoms with Crippen molar-refractivity contribution >= 4 is 19.8 Å². The summed E-state index contributed by atoms with van der Waals surface area (Å²) in [6.07, 6.45) is 41.5. The van der Waals surface area contributed by atoms with Gasteiger partial charge in [0.25, 0.3) is 0 Å². The lowest BCUT2D eigenvalue weighted by Crippen LogP contribution is -2.37. The van der Waals surface area contributed by atoms with Gasteiger partial charge in [-0.15, -0.1) is 0 Å². The monoisotopic (exact) mass is 783 g/mol. The lowest BCUT2D eigenvalue weighted by atomic mass is 10.1. The van der Waals surface area contributed by atoms with Crippen LogP contribution in [0.15, 0.2) is 48.6 Å². The number of allylic oxidation sites excluding steroid dienone is 8. The van der Waals surface area contributed by atoms with Crippen molar-refractivity contribution in [3.05, 3.63) is 48.6 Å². The molecule has 314 valence electrons. The van der Waals surface area contributed by atoms with Gasteiger partial charge in [-0.25, -0.2) is 4.57 Å². The van der Waals surface area contributed by atoms with Crippen molar-refractivity contribution < 1.29 is 42.1 Å². The highest BCUT2D eigenvalue weighted by atomic mass is 31.2. The van der Waals surface area contributed by atoms with E-state index in [1.165, 1.54) is 51.4 Å². The minimum atomic E-state index is -4.38. The van der Waals surface area contributed by atoms with Gasteiger partial charge in [0.05, 0.1) is 27.7 Å². The molecule has 0 heterocycles. The number of ether oxygens (including phenoxy) is 2. The summed E-state index contributed by atoms with van der Waals surface area (Å²) in [7, 11) is 1.45. The molecule has 0 rings (SSSR count). The smallest absolute Gasteiger partial charge is 0.462 e. The predicted molar refractivity (Wildman–Crippen MR) is 224 cm³/mol. The minimum Gasteiger partial charge on any atom is -0.462 e. The van der Waals surface area contributed by atoms with Crippen LogP contribution >= 0.6 is 7.82 Å². The third-order valence-corrected chi connectivity index (χ3v) is 9.82.